The molecule has 0 amide bonds. The van der Waals surface area contributed by atoms with E-state index in [1.165, 1.54) is 0 Å². The van der Waals surface area contributed by atoms with Crippen molar-refractivity contribution in [1.82, 2.24) is 5.32 Å². The van der Waals surface area contributed by atoms with E-state index in [-0.39, 0.29) is 18.6 Å². The predicted octanol–water partition coefficient (Wildman–Crippen LogP) is 1.65. The Morgan fingerprint density at radius 1 is 1.10 bits per heavy atom. The lowest BCUT2D eigenvalue weighted by molar-refractivity contribution is 0.0904. The molecule has 0 aromatic heterocycles. The van der Waals surface area contributed by atoms with Crippen molar-refractivity contribution in [3.05, 3.63) is 29.3 Å². The lowest BCUT2D eigenvalue weighted by Gasteiger charge is -2.18. The van der Waals surface area contributed by atoms with E-state index in [1.54, 1.807) is 0 Å². The lowest BCUT2D eigenvalue weighted by atomic mass is 10.1. The van der Waals surface area contributed by atoms with E-state index in [1.807, 2.05) is 45.9 Å². The van der Waals surface area contributed by atoms with Crippen LogP contribution in [0.25, 0.3) is 0 Å². The van der Waals surface area contributed by atoms with Gasteiger partial charge in [-0.1, -0.05) is 32.0 Å². The first-order valence-electron chi connectivity index (χ1n) is 7.17. The van der Waals surface area contributed by atoms with Gasteiger partial charge in [0.15, 0.2) is 0 Å². The molecule has 20 heavy (non-hydrogen) atoms. The third-order valence-electron chi connectivity index (χ3n) is 3.33. The van der Waals surface area contributed by atoms with Crippen LogP contribution in [0.2, 0.25) is 0 Å². The van der Waals surface area contributed by atoms with Crippen LogP contribution in [0.15, 0.2) is 18.2 Å². The van der Waals surface area contributed by atoms with Gasteiger partial charge in [0.2, 0.25) is 0 Å². The molecular weight excluding hydrogens is 254 g/mol. The zero-order chi connectivity index (χ0) is 15.1. The molecule has 1 rings (SSSR count). The zero-order valence-electron chi connectivity index (χ0n) is 12.9. The molecule has 0 saturated carbocycles. The normalized spacial score (nSPS) is 14.3. The van der Waals surface area contributed by atoms with Crippen molar-refractivity contribution < 1.29 is 14.9 Å². The van der Waals surface area contributed by atoms with Gasteiger partial charge in [-0.25, -0.2) is 0 Å². The summed E-state index contributed by atoms with van der Waals surface area (Å²) in [6.45, 7) is 9.06. The summed E-state index contributed by atoms with van der Waals surface area (Å²) in [7, 11) is 0. The van der Waals surface area contributed by atoms with Gasteiger partial charge < -0.3 is 20.3 Å². The molecule has 3 N–H and O–H groups in total. The Hall–Kier alpha value is -1.10. The van der Waals surface area contributed by atoms with Crippen LogP contribution in [0.5, 0.6) is 5.75 Å². The number of benzene rings is 1. The molecule has 0 aliphatic heterocycles. The maximum absolute atomic E-state index is 9.87. The van der Waals surface area contributed by atoms with E-state index < -0.39 is 6.10 Å². The Balaban J connectivity index is 2.31. The van der Waals surface area contributed by atoms with Crippen LogP contribution >= 0.6 is 0 Å². The summed E-state index contributed by atoms with van der Waals surface area (Å²) in [5, 5.41) is 22.6. The summed E-state index contributed by atoms with van der Waals surface area (Å²) in [5.74, 6) is 1.05. The average molecular weight is 281 g/mol. The fourth-order valence-corrected chi connectivity index (χ4v) is 1.90. The quantitative estimate of drug-likeness (QED) is 0.678. The fraction of sp³-hybridized carbons (Fsp3) is 0.625. The summed E-state index contributed by atoms with van der Waals surface area (Å²) in [5.41, 5.74) is 2.14. The van der Waals surface area contributed by atoms with E-state index in [9.17, 15) is 10.2 Å². The highest BCUT2D eigenvalue weighted by molar-refractivity contribution is 5.39. The molecule has 4 nitrogen and oxygen atoms in total. The standard InChI is InChI=1S/C16H27NO3/c1-11(2)15(19)9-17-8-14(18)10-20-16-12(3)6-5-7-13(16)4/h5-7,11,14-15,17-19H,8-10H2,1-4H3. The number of nitrogens with one attached hydrogen (secondary N) is 1. The molecule has 0 radical (unpaired) electrons. The highest BCUT2D eigenvalue weighted by atomic mass is 16.5. The maximum Gasteiger partial charge on any atom is 0.125 e. The molecule has 0 spiro atoms. The number of aliphatic hydroxyl groups excluding tert-OH is 2. The largest absolute Gasteiger partial charge is 0.490 e. The van der Waals surface area contributed by atoms with E-state index in [0.717, 1.165) is 16.9 Å². The van der Waals surface area contributed by atoms with E-state index in [2.05, 4.69) is 5.32 Å². The summed E-state index contributed by atoms with van der Waals surface area (Å²) in [6, 6.07) is 5.97. The molecule has 4 heteroatoms. The predicted molar refractivity (Wildman–Crippen MR) is 81.1 cm³/mol. The minimum Gasteiger partial charge on any atom is -0.490 e. The number of aryl methyl sites for hydroxylation is 2. The minimum atomic E-state index is -0.589. The number of hydrogen-bond donors (Lipinski definition) is 3. The van der Waals surface area contributed by atoms with Gasteiger partial charge in [-0.2, -0.15) is 0 Å². The van der Waals surface area contributed by atoms with Gasteiger partial charge in [-0.3, -0.25) is 0 Å². The van der Waals surface area contributed by atoms with E-state index in [0.29, 0.717) is 13.1 Å². The van der Waals surface area contributed by atoms with Crippen molar-refractivity contribution in [2.45, 2.75) is 39.9 Å². The molecule has 0 heterocycles. The Kier molecular flexibility index (Phi) is 6.99. The summed E-state index contributed by atoms with van der Waals surface area (Å²) in [4.78, 5) is 0. The van der Waals surface area contributed by atoms with Crippen molar-refractivity contribution in [3.63, 3.8) is 0 Å². The molecule has 2 atom stereocenters. The number of hydrogen-bond acceptors (Lipinski definition) is 4. The third-order valence-corrected chi connectivity index (χ3v) is 3.33. The van der Waals surface area contributed by atoms with Gasteiger partial charge in [0.25, 0.3) is 0 Å². The van der Waals surface area contributed by atoms with Crippen LogP contribution in [-0.2, 0) is 0 Å². The first-order valence-corrected chi connectivity index (χ1v) is 7.17. The minimum absolute atomic E-state index is 0.213. The third kappa shape index (κ3) is 5.49. The van der Waals surface area contributed by atoms with Crippen LogP contribution in [-0.4, -0.2) is 42.1 Å². The molecule has 114 valence electrons. The maximum atomic E-state index is 9.87. The Bertz CT molecular complexity index is 386. The monoisotopic (exact) mass is 281 g/mol. The van der Waals surface area contributed by atoms with Gasteiger partial charge in [0, 0.05) is 13.1 Å². The second-order valence-corrected chi connectivity index (χ2v) is 5.66. The molecule has 1 aromatic rings. The molecule has 2 unspecified atom stereocenters. The fourth-order valence-electron chi connectivity index (χ4n) is 1.90. The van der Waals surface area contributed by atoms with Crippen molar-refractivity contribution in [2.75, 3.05) is 19.7 Å². The van der Waals surface area contributed by atoms with E-state index in [4.69, 9.17) is 4.74 Å². The molecule has 0 aliphatic rings. The van der Waals surface area contributed by atoms with Crippen molar-refractivity contribution in [3.8, 4) is 5.75 Å². The van der Waals surface area contributed by atoms with E-state index >= 15 is 0 Å². The zero-order valence-corrected chi connectivity index (χ0v) is 12.9. The van der Waals surface area contributed by atoms with Gasteiger partial charge in [0.05, 0.1) is 6.10 Å². The smallest absolute Gasteiger partial charge is 0.125 e. The van der Waals surface area contributed by atoms with Crippen molar-refractivity contribution in [1.29, 1.82) is 0 Å². The highest BCUT2D eigenvalue weighted by Crippen LogP contribution is 2.22. The summed E-state index contributed by atoms with van der Waals surface area (Å²) in [6.07, 6.45) is -0.977. The Morgan fingerprint density at radius 2 is 1.70 bits per heavy atom. The van der Waals surface area contributed by atoms with Crippen LogP contribution in [0.4, 0.5) is 0 Å². The topological polar surface area (TPSA) is 61.7 Å². The highest BCUT2D eigenvalue weighted by Gasteiger charge is 2.11. The second kappa shape index (κ2) is 8.25. The molecule has 0 fully saturated rings. The molecule has 1 aromatic carbocycles. The number of para-hydroxylation sites is 1. The number of aliphatic hydroxyl groups is 2. The van der Waals surface area contributed by atoms with Crippen LogP contribution < -0.4 is 10.1 Å². The average Bonchev–Trinajstić information content (AvgIpc) is 2.37. The van der Waals surface area contributed by atoms with Gasteiger partial charge >= 0.3 is 0 Å². The summed E-state index contributed by atoms with van der Waals surface area (Å²) < 4.78 is 5.68. The Labute approximate surface area is 121 Å². The molecular formula is C16H27NO3. The first kappa shape index (κ1) is 17.0. The molecule has 0 bridgehead atoms. The first-order chi connectivity index (χ1) is 9.41. The number of ether oxygens (including phenoxy) is 1. The molecule has 0 saturated heterocycles. The van der Waals surface area contributed by atoms with Crippen LogP contribution in [0, 0.1) is 19.8 Å². The van der Waals surface area contributed by atoms with Gasteiger partial charge in [0.1, 0.15) is 18.5 Å². The van der Waals surface area contributed by atoms with Crippen LogP contribution in [0.3, 0.4) is 0 Å². The van der Waals surface area contributed by atoms with Gasteiger partial charge in [-0.15, -0.1) is 0 Å². The lowest BCUT2D eigenvalue weighted by Crippen LogP contribution is -2.37. The van der Waals surface area contributed by atoms with Crippen molar-refractivity contribution >= 4 is 0 Å². The van der Waals surface area contributed by atoms with Crippen LogP contribution in [0.1, 0.15) is 25.0 Å². The second-order valence-electron chi connectivity index (χ2n) is 5.66. The summed E-state index contributed by atoms with van der Waals surface area (Å²) >= 11 is 0. The molecule has 0 aliphatic carbocycles. The van der Waals surface area contributed by atoms with Crippen molar-refractivity contribution in [2.24, 2.45) is 5.92 Å². The number of rotatable bonds is 8. The SMILES string of the molecule is Cc1cccc(C)c1OCC(O)CNCC(O)C(C)C. The van der Waals surface area contributed by atoms with Gasteiger partial charge in [-0.05, 0) is 30.9 Å². The Morgan fingerprint density at radius 3 is 2.25 bits per heavy atom.